The van der Waals surface area contributed by atoms with Crippen LogP contribution in [0.3, 0.4) is 0 Å². The molecule has 6 aromatic rings. The molecule has 0 amide bonds. The topological polar surface area (TPSA) is 163 Å². The zero-order valence-corrected chi connectivity index (χ0v) is 71.8. The van der Waals surface area contributed by atoms with Gasteiger partial charge in [0.25, 0.3) is 0 Å². The van der Waals surface area contributed by atoms with E-state index in [2.05, 4.69) is 90.5 Å². The van der Waals surface area contributed by atoms with Crippen LogP contribution in [0.2, 0.25) is 0 Å². The molecule has 600 valence electrons. The fourth-order valence-electron chi connectivity index (χ4n) is 12.7. The SMILES string of the molecule is CC(C)c1cc(COC(=O)CCCCC2CCSS2)cc(C(C)C)c1OCCOCCOc1cccc2c(OCCOCCOCC3=CS/C(=C4\SC=C(COCCOCCOc5cccc6c(OCCOCCOc7c(C(C)C)cc(COC(=O)CCCCC8CCSS8)cc7C(C)C)cccc56)S4)S3)cccc12. The van der Waals surface area contributed by atoms with E-state index in [0.29, 0.717) is 132 Å². The monoisotopic (exact) mass is 1660 g/mol. The zero-order chi connectivity index (χ0) is 77.1. The van der Waals surface area contributed by atoms with Gasteiger partial charge in [-0.3, -0.25) is 9.59 Å². The Bertz CT molecular complexity index is 3620. The molecule has 4 heterocycles. The summed E-state index contributed by atoms with van der Waals surface area (Å²) < 4.78 is 87.7. The average Bonchev–Trinajstić information content (AvgIpc) is 1.06. The summed E-state index contributed by atoms with van der Waals surface area (Å²) in [5.41, 5.74) is 6.42. The second kappa shape index (κ2) is 48.7. The van der Waals surface area contributed by atoms with Crippen LogP contribution in [0.1, 0.15) is 177 Å². The van der Waals surface area contributed by atoms with Crippen molar-refractivity contribution in [1.29, 1.82) is 0 Å². The Hall–Kier alpha value is -4.64. The third-order valence-corrected chi connectivity index (χ3v) is 29.8. The summed E-state index contributed by atoms with van der Waals surface area (Å²) in [6, 6.07) is 32.5. The van der Waals surface area contributed by atoms with E-state index < -0.39 is 0 Å². The number of fused-ring (bicyclic) bond motifs is 2. The highest BCUT2D eigenvalue weighted by molar-refractivity contribution is 8.77. The predicted octanol–water partition coefficient (Wildman–Crippen LogP) is 22.2. The number of hydrogen-bond acceptors (Lipinski definition) is 24. The van der Waals surface area contributed by atoms with Gasteiger partial charge in [0.15, 0.2) is 0 Å². The first-order valence-electron chi connectivity index (χ1n) is 39.0. The number of ether oxygens (including phenoxy) is 14. The molecule has 2 saturated heterocycles. The van der Waals surface area contributed by atoms with Gasteiger partial charge in [-0.05, 0) is 155 Å². The minimum Gasteiger partial charge on any atom is -0.491 e. The lowest BCUT2D eigenvalue weighted by Gasteiger charge is -2.22. The van der Waals surface area contributed by atoms with Crippen LogP contribution in [0.5, 0.6) is 34.5 Å². The van der Waals surface area contributed by atoms with Crippen LogP contribution in [0, 0.1) is 0 Å². The number of unbranched alkanes of at least 4 members (excludes halogenated alkanes) is 2. The van der Waals surface area contributed by atoms with E-state index in [4.69, 9.17) is 66.3 Å². The molecule has 110 heavy (non-hydrogen) atoms. The van der Waals surface area contributed by atoms with Crippen molar-refractivity contribution in [3.63, 3.8) is 0 Å². The molecule has 0 aliphatic carbocycles. The van der Waals surface area contributed by atoms with Crippen LogP contribution in [0.4, 0.5) is 0 Å². The van der Waals surface area contributed by atoms with Gasteiger partial charge in [-0.15, -0.1) is 0 Å². The van der Waals surface area contributed by atoms with Gasteiger partial charge in [0.05, 0.1) is 87.8 Å². The van der Waals surface area contributed by atoms with Gasteiger partial charge < -0.3 is 66.3 Å². The number of benzene rings is 6. The van der Waals surface area contributed by atoms with Crippen molar-refractivity contribution in [1.82, 2.24) is 0 Å². The van der Waals surface area contributed by atoms with Gasteiger partial charge in [0, 0.05) is 66.2 Å². The lowest BCUT2D eigenvalue weighted by atomic mass is 9.91. The van der Waals surface area contributed by atoms with Crippen molar-refractivity contribution in [3.8, 4) is 34.5 Å². The van der Waals surface area contributed by atoms with Crippen molar-refractivity contribution >= 4 is 124 Å². The molecule has 0 spiro atoms. The number of carbonyl (C=O) groups is 2. The van der Waals surface area contributed by atoms with Crippen molar-refractivity contribution < 1.29 is 75.9 Å². The molecular formula is C86H112O16S8. The summed E-state index contributed by atoms with van der Waals surface area (Å²) in [4.78, 5) is 27.7. The Morgan fingerprint density at radius 3 is 0.991 bits per heavy atom. The predicted molar refractivity (Wildman–Crippen MR) is 462 cm³/mol. The fraction of sp³-hybridized carbons (Fsp3) is 0.535. The summed E-state index contributed by atoms with van der Waals surface area (Å²) in [5, 5.41) is 9.68. The van der Waals surface area contributed by atoms with Crippen LogP contribution in [-0.2, 0) is 60.7 Å². The van der Waals surface area contributed by atoms with Crippen molar-refractivity contribution in [3.05, 3.63) is 160 Å². The smallest absolute Gasteiger partial charge is 0.306 e. The van der Waals surface area contributed by atoms with Gasteiger partial charge in [0.2, 0.25) is 0 Å². The molecule has 16 nitrogen and oxygen atoms in total. The van der Waals surface area contributed by atoms with Crippen LogP contribution in [0.25, 0.3) is 21.5 Å². The van der Waals surface area contributed by atoms with Gasteiger partial charge in [-0.1, -0.05) is 207 Å². The third kappa shape index (κ3) is 29.0. The highest BCUT2D eigenvalue weighted by atomic mass is 33.1. The van der Waals surface area contributed by atoms with Crippen molar-refractivity contribution in [2.45, 2.75) is 167 Å². The Kier molecular flexibility index (Phi) is 38.8. The molecule has 0 radical (unpaired) electrons. The van der Waals surface area contributed by atoms with E-state index in [1.165, 1.54) is 55.5 Å². The number of rotatable bonds is 52. The van der Waals surface area contributed by atoms with E-state index >= 15 is 0 Å². The number of carbonyl (C=O) groups excluding carboxylic acids is 2. The van der Waals surface area contributed by atoms with E-state index in [0.717, 1.165) is 126 Å². The molecule has 4 aliphatic heterocycles. The molecule has 0 N–H and O–H groups in total. The van der Waals surface area contributed by atoms with Gasteiger partial charge >= 0.3 is 11.9 Å². The molecule has 0 saturated carbocycles. The first kappa shape index (κ1) is 87.7. The fourth-order valence-corrected chi connectivity index (χ4v) is 23.6. The second-order valence-corrected chi connectivity index (χ2v) is 38.5. The Balaban J connectivity index is 0.530. The molecular weight excluding hydrogens is 1550 g/mol. The summed E-state index contributed by atoms with van der Waals surface area (Å²) in [6.07, 6.45) is 9.74. The molecule has 4 aliphatic rings. The molecule has 2 fully saturated rings. The molecule has 0 aromatic heterocycles. The Morgan fingerprint density at radius 2 is 0.682 bits per heavy atom. The lowest BCUT2D eigenvalue weighted by molar-refractivity contribution is -0.146. The molecule has 2 unspecified atom stereocenters. The summed E-state index contributed by atoms with van der Waals surface area (Å²) in [5.74, 6) is 7.98. The minimum atomic E-state index is -0.128. The van der Waals surface area contributed by atoms with Crippen LogP contribution >= 0.6 is 90.2 Å². The van der Waals surface area contributed by atoms with E-state index in [1.54, 1.807) is 47.0 Å². The van der Waals surface area contributed by atoms with E-state index in [9.17, 15) is 9.59 Å². The molecule has 2 atom stereocenters. The summed E-state index contributed by atoms with van der Waals surface area (Å²) >= 11 is 7.01. The van der Waals surface area contributed by atoms with E-state index in [-0.39, 0.29) is 48.8 Å². The average molecular weight is 1660 g/mol. The highest BCUT2D eigenvalue weighted by Crippen LogP contribution is 2.55. The normalized spacial score (nSPS) is 16.5. The standard InChI is InChI=1S/C86H112O16S8/c1-59(2)73-49-63(53-101-81(87)27-11-9-17-65-29-47-105-109-65)50-74(60(3)4)83(73)99-45-39-91-37-43-97-79-25-15-19-69-71(79)21-13-23-77(69)95-41-35-89-31-33-93-55-67-57-103-85(107-67)86-104-58-68(108-86)56-94-34-32-90-36-42-96-78-24-14-22-72-70(78)20-16-26-80(72)98-44-38-92-40-46-100-84-75(61(5)6)51-64(52-76(84)62(7)8)54-102-82(88)28-12-10-18-66-30-48-106-110-66/h13-16,19-26,49-52,57-62,65-66H,9-12,17-18,27-48,53-56H2,1-8H3/b86-85-. The minimum absolute atomic E-state index is 0.128. The van der Waals surface area contributed by atoms with Crippen molar-refractivity contribution in [2.75, 3.05) is 130 Å². The first-order chi connectivity index (χ1) is 53.7. The maximum Gasteiger partial charge on any atom is 0.306 e. The molecule has 24 heteroatoms. The van der Waals surface area contributed by atoms with Gasteiger partial charge in [0.1, 0.15) is 87.4 Å². The third-order valence-electron chi connectivity index (χ3n) is 18.5. The Labute approximate surface area is 685 Å². The number of hydrogen-bond donors (Lipinski definition) is 0. The van der Waals surface area contributed by atoms with E-state index in [1.807, 2.05) is 116 Å². The molecule has 10 rings (SSSR count). The first-order valence-corrected chi connectivity index (χ1v) is 47.2. The number of esters is 2. The van der Waals surface area contributed by atoms with Crippen LogP contribution in [-0.4, -0.2) is 153 Å². The van der Waals surface area contributed by atoms with Crippen LogP contribution < -0.4 is 28.4 Å². The molecule has 6 aromatic carbocycles. The van der Waals surface area contributed by atoms with Crippen LogP contribution in [0.15, 0.2) is 126 Å². The largest absolute Gasteiger partial charge is 0.491 e. The zero-order valence-electron chi connectivity index (χ0n) is 65.3. The second-order valence-electron chi connectivity index (χ2n) is 28.3. The maximum absolute atomic E-state index is 12.7. The highest BCUT2D eigenvalue weighted by Gasteiger charge is 2.25. The van der Waals surface area contributed by atoms with Crippen molar-refractivity contribution in [2.24, 2.45) is 0 Å². The Morgan fingerprint density at radius 1 is 0.373 bits per heavy atom. The van der Waals surface area contributed by atoms with Gasteiger partial charge in [-0.2, -0.15) is 0 Å². The quantitative estimate of drug-likeness (QED) is 0.0201. The lowest BCUT2D eigenvalue weighted by Crippen LogP contribution is -2.14. The number of thioether (sulfide) groups is 4. The van der Waals surface area contributed by atoms with Gasteiger partial charge in [-0.25, -0.2) is 0 Å². The molecule has 0 bridgehead atoms. The maximum atomic E-state index is 12.7. The summed E-state index contributed by atoms with van der Waals surface area (Å²) in [7, 11) is 7.92. The summed E-state index contributed by atoms with van der Waals surface area (Å²) in [6.45, 7) is 25.7.